The van der Waals surface area contributed by atoms with Gasteiger partial charge in [0.05, 0.1) is 12.7 Å². The predicted octanol–water partition coefficient (Wildman–Crippen LogP) is 4.22. The molecule has 2 heterocycles. The molecular weight excluding hydrogens is 353 g/mol. The Balaban J connectivity index is 1.88. The quantitative estimate of drug-likeness (QED) is 0.682. The molecule has 5 nitrogen and oxygen atoms in total. The second kappa shape index (κ2) is 5.69. The Bertz CT molecular complexity index is 1050. The Labute approximate surface area is 144 Å². The molecule has 0 amide bonds. The first-order chi connectivity index (χ1) is 12.4. The molecule has 134 valence electrons. The molecule has 0 radical (unpaired) electrons. The molecule has 26 heavy (non-hydrogen) atoms. The van der Waals surface area contributed by atoms with Crippen molar-refractivity contribution < 1.29 is 31.8 Å². The number of halogens is 3. The van der Waals surface area contributed by atoms with Gasteiger partial charge in [0.25, 0.3) is 0 Å². The van der Waals surface area contributed by atoms with E-state index in [1.807, 2.05) is 0 Å². The minimum atomic E-state index is -4.44. The Hall–Kier alpha value is -3.16. The maximum absolute atomic E-state index is 12.7. The Morgan fingerprint density at radius 2 is 1.73 bits per heavy atom. The summed E-state index contributed by atoms with van der Waals surface area (Å²) in [5, 5.41) is 0.189. The van der Waals surface area contributed by atoms with Crippen LogP contribution in [0.2, 0.25) is 0 Å². The van der Waals surface area contributed by atoms with E-state index in [-0.39, 0.29) is 29.3 Å². The molecule has 0 spiro atoms. The number of hydrogen-bond acceptors (Lipinski definition) is 5. The van der Waals surface area contributed by atoms with Crippen LogP contribution in [0.25, 0.3) is 22.3 Å². The van der Waals surface area contributed by atoms with Crippen LogP contribution in [0.3, 0.4) is 0 Å². The molecule has 0 saturated carbocycles. The highest BCUT2D eigenvalue weighted by molar-refractivity contribution is 5.90. The molecule has 0 unspecified atom stereocenters. The van der Waals surface area contributed by atoms with E-state index in [9.17, 15) is 18.0 Å². The van der Waals surface area contributed by atoms with Crippen LogP contribution >= 0.6 is 0 Å². The fourth-order valence-corrected chi connectivity index (χ4v) is 2.79. The van der Waals surface area contributed by atoms with E-state index in [0.717, 1.165) is 12.1 Å². The summed E-state index contributed by atoms with van der Waals surface area (Å²) in [7, 11) is 1.43. The number of ether oxygens (including phenoxy) is 3. The molecule has 0 aliphatic carbocycles. The molecule has 0 bridgehead atoms. The molecule has 0 saturated heterocycles. The predicted molar refractivity (Wildman–Crippen MR) is 85.6 cm³/mol. The van der Waals surface area contributed by atoms with Gasteiger partial charge in [-0.1, -0.05) is 12.1 Å². The Morgan fingerprint density at radius 3 is 2.38 bits per heavy atom. The lowest BCUT2D eigenvalue weighted by Crippen LogP contribution is -2.05. The van der Waals surface area contributed by atoms with E-state index in [2.05, 4.69) is 0 Å². The van der Waals surface area contributed by atoms with Crippen molar-refractivity contribution in [3.8, 4) is 28.6 Å². The van der Waals surface area contributed by atoms with Gasteiger partial charge < -0.3 is 18.6 Å². The molecule has 0 atom stereocenters. The van der Waals surface area contributed by atoms with Crippen LogP contribution in [0.5, 0.6) is 17.2 Å². The van der Waals surface area contributed by atoms with Gasteiger partial charge >= 0.3 is 6.18 Å². The van der Waals surface area contributed by atoms with Crippen molar-refractivity contribution in [2.24, 2.45) is 0 Å². The van der Waals surface area contributed by atoms with Gasteiger partial charge in [-0.25, -0.2) is 0 Å². The summed E-state index contributed by atoms with van der Waals surface area (Å²) in [6.07, 6.45) is -4.44. The van der Waals surface area contributed by atoms with E-state index in [1.165, 1.54) is 31.4 Å². The van der Waals surface area contributed by atoms with Crippen molar-refractivity contribution in [1.29, 1.82) is 0 Å². The molecule has 4 rings (SSSR count). The van der Waals surface area contributed by atoms with E-state index < -0.39 is 17.2 Å². The number of fused-ring (bicyclic) bond motifs is 3. The van der Waals surface area contributed by atoms with E-state index in [4.69, 9.17) is 18.6 Å². The Kier molecular flexibility index (Phi) is 3.57. The van der Waals surface area contributed by atoms with Gasteiger partial charge in [-0.3, -0.25) is 4.79 Å². The van der Waals surface area contributed by atoms with Gasteiger partial charge in [0.15, 0.2) is 16.9 Å². The minimum Gasteiger partial charge on any atom is -0.493 e. The van der Waals surface area contributed by atoms with Crippen molar-refractivity contribution in [3.63, 3.8) is 0 Å². The summed E-state index contributed by atoms with van der Waals surface area (Å²) in [4.78, 5) is 12.5. The summed E-state index contributed by atoms with van der Waals surface area (Å²) in [5.74, 6) is 1.01. The molecule has 1 aliphatic heterocycles. The average molecular weight is 364 g/mol. The molecule has 0 fully saturated rings. The number of hydrogen-bond donors (Lipinski definition) is 0. The number of rotatable bonds is 2. The molecule has 1 aromatic heterocycles. The van der Waals surface area contributed by atoms with Crippen molar-refractivity contribution in [1.82, 2.24) is 0 Å². The van der Waals surface area contributed by atoms with E-state index in [1.54, 1.807) is 0 Å². The SMILES string of the molecule is COc1cc2oc(-c3ccc(C(F)(F)F)cc3)cc(=O)c2c2c1OCO2. The molecule has 3 aromatic rings. The van der Waals surface area contributed by atoms with Gasteiger partial charge in [-0.15, -0.1) is 0 Å². The topological polar surface area (TPSA) is 57.9 Å². The van der Waals surface area contributed by atoms with Crippen molar-refractivity contribution in [2.75, 3.05) is 13.9 Å². The fourth-order valence-electron chi connectivity index (χ4n) is 2.79. The minimum absolute atomic E-state index is 0.0507. The van der Waals surface area contributed by atoms with Crippen molar-refractivity contribution in [3.05, 3.63) is 52.2 Å². The zero-order chi connectivity index (χ0) is 18.5. The average Bonchev–Trinajstić information content (AvgIpc) is 3.09. The summed E-state index contributed by atoms with van der Waals surface area (Å²) >= 11 is 0. The first kappa shape index (κ1) is 16.3. The lowest BCUT2D eigenvalue weighted by Gasteiger charge is -2.09. The van der Waals surface area contributed by atoms with E-state index >= 15 is 0 Å². The second-order valence-electron chi connectivity index (χ2n) is 5.57. The van der Waals surface area contributed by atoms with Crippen LogP contribution in [0, 0.1) is 0 Å². The van der Waals surface area contributed by atoms with Crippen LogP contribution in [0.15, 0.2) is 45.6 Å². The molecule has 8 heteroatoms. The molecule has 2 aromatic carbocycles. The number of methoxy groups -OCH3 is 1. The van der Waals surface area contributed by atoms with Crippen LogP contribution in [-0.4, -0.2) is 13.9 Å². The zero-order valence-electron chi connectivity index (χ0n) is 13.3. The highest BCUT2D eigenvalue weighted by Crippen LogP contribution is 2.45. The third kappa shape index (κ3) is 2.54. The zero-order valence-corrected chi connectivity index (χ0v) is 13.3. The van der Waals surface area contributed by atoms with Gasteiger partial charge in [0, 0.05) is 17.7 Å². The first-order valence-corrected chi connectivity index (χ1v) is 7.50. The largest absolute Gasteiger partial charge is 0.493 e. The smallest absolute Gasteiger partial charge is 0.416 e. The molecule has 0 N–H and O–H groups in total. The summed E-state index contributed by atoms with van der Waals surface area (Å²) < 4.78 is 59.7. The summed E-state index contributed by atoms with van der Waals surface area (Å²) in [6, 6.07) is 7.05. The first-order valence-electron chi connectivity index (χ1n) is 7.50. The lowest BCUT2D eigenvalue weighted by atomic mass is 10.1. The Morgan fingerprint density at radius 1 is 1.04 bits per heavy atom. The highest BCUT2D eigenvalue weighted by Gasteiger charge is 2.30. The van der Waals surface area contributed by atoms with Crippen molar-refractivity contribution in [2.45, 2.75) is 6.18 Å². The second-order valence-corrected chi connectivity index (χ2v) is 5.57. The third-order valence-corrected chi connectivity index (χ3v) is 4.02. The van der Waals surface area contributed by atoms with Crippen LogP contribution in [0.4, 0.5) is 13.2 Å². The van der Waals surface area contributed by atoms with E-state index in [0.29, 0.717) is 17.1 Å². The van der Waals surface area contributed by atoms with Crippen molar-refractivity contribution >= 4 is 11.0 Å². The normalized spacial score (nSPS) is 13.2. The van der Waals surface area contributed by atoms with Crippen LogP contribution in [0.1, 0.15) is 5.56 Å². The maximum Gasteiger partial charge on any atom is 0.416 e. The molecular formula is C18H11F3O5. The van der Waals surface area contributed by atoms with Gasteiger partial charge in [0.2, 0.25) is 12.5 Å². The van der Waals surface area contributed by atoms with Gasteiger partial charge in [-0.05, 0) is 12.1 Å². The fraction of sp³-hybridized carbons (Fsp3) is 0.167. The van der Waals surface area contributed by atoms with Crippen LogP contribution in [-0.2, 0) is 6.18 Å². The van der Waals surface area contributed by atoms with Gasteiger partial charge in [-0.2, -0.15) is 13.2 Å². The highest BCUT2D eigenvalue weighted by atomic mass is 19.4. The monoisotopic (exact) mass is 364 g/mol. The number of alkyl halides is 3. The summed E-state index contributed by atoms with van der Waals surface area (Å²) in [6.45, 7) is -0.0507. The maximum atomic E-state index is 12.7. The lowest BCUT2D eigenvalue weighted by molar-refractivity contribution is -0.137. The molecule has 1 aliphatic rings. The number of benzene rings is 2. The third-order valence-electron chi connectivity index (χ3n) is 4.02. The van der Waals surface area contributed by atoms with Gasteiger partial charge in [0.1, 0.15) is 16.7 Å². The van der Waals surface area contributed by atoms with Crippen LogP contribution < -0.4 is 19.6 Å². The standard InChI is InChI=1S/C18H11F3O5/c1-23-14-7-13-15(17-16(14)24-8-25-17)11(22)6-12(26-13)9-2-4-10(5-3-9)18(19,20)21/h2-7H,8H2,1H3. The summed E-state index contributed by atoms with van der Waals surface area (Å²) in [5.41, 5.74) is -0.651.